The fourth-order valence-corrected chi connectivity index (χ4v) is 2.69. The Hall–Kier alpha value is -1.02. The molecule has 0 aromatic heterocycles. The van der Waals surface area contributed by atoms with Crippen LogP contribution in [0, 0.1) is 11.8 Å². The molecule has 0 aliphatic rings. The van der Waals surface area contributed by atoms with Crippen molar-refractivity contribution in [2.75, 3.05) is 20.2 Å². The molecule has 2 heteroatoms. The Labute approximate surface area is 124 Å². The van der Waals surface area contributed by atoms with Gasteiger partial charge in [-0.15, -0.1) is 0 Å². The van der Waals surface area contributed by atoms with Crippen LogP contribution in [-0.2, 0) is 6.42 Å². The summed E-state index contributed by atoms with van der Waals surface area (Å²) in [6, 6.07) is 8.53. The zero-order valence-corrected chi connectivity index (χ0v) is 13.6. The second-order valence-electron chi connectivity index (χ2n) is 5.78. The minimum absolute atomic E-state index is 0.717. The molecule has 0 saturated carbocycles. The summed E-state index contributed by atoms with van der Waals surface area (Å²) < 4.78 is 5.23. The van der Waals surface area contributed by atoms with Crippen molar-refractivity contribution in [1.29, 1.82) is 0 Å². The molecule has 2 unspecified atom stereocenters. The molecule has 1 rings (SSSR count). The number of nitrogens with one attached hydrogen (secondary N) is 1. The first-order valence-corrected chi connectivity index (χ1v) is 8.04. The molecule has 0 bridgehead atoms. The summed E-state index contributed by atoms with van der Waals surface area (Å²) in [6.07, 6.45) is 4.95. The van der Waals surface area contributed by atoms with Gasteiger partial charge in [-0.1, -0.05) is 45.7 Å². The Kier molecular flexibility index (Phi) is 8.36. The maximum atomic E-state index is 5.23. The molecule has 2 atom stereocenters. The summed E-state index contributed by atoms with van der Waals surface area (Å²) in [6.45, 7) is 9.14. The second kappa shape index (κ2) is 9.82. The fraction of sp³-hybridized carbons (Fsp3) is 0.667. The van der Waals surface area contributed by atoms with Crippen LogP contribution >= 0.6 is 0 Å². The zero-order chi connectivity index (χ0) is 14.8. The number of ether oxygens (including phenoxy) is 1. The van der Waals surface area contributed by atoms with Crippen molar-refractivity contribution in [3.8, 4) is 5.75 Å². The normalized spacial score (nSPS) is 14.0. The molecule has 1 N–H and O–H groups in total. The number of hydrogen-bond acceptors (Lipinski definition) is 2. The molecular formula is C18H31NO. The van der Waals surface area contributed by atoms with E-state index in [1.165, 1.54) is 24.8 Å². The molecule has 114 valence electrons. The van der Waals surface area contributed by atoms with Crippen molar-refractivity contribution in [1.82, 2.24) is 5.32 Å². The van der Waals surface area contributed by atoms with Gasteiger partial charge in [-0.2, -0.15) is 0 Å². The van der Waals surface area contributed by atoms with Crippen LogP contribution in [0.1, 0.15) is 45.6 Å². The van der Waals surface area contributed by atoms with Gasteiger partial charge in [0, 0.05) is 0 Å². The Bertz CT molecular complexity index is 347. The van der Waals surface area contributed by atoms with Gasteiger partial charge >= 0.3 is 0 Å². The molecular weight excluding hydrogens is 246 g/mol. The molecule has 1 aromatic rings. The average Bonchev–Trinajstić information content (AvgIpc) is 2.47. The van der Waals surface area contributed by atoms with E-state index in [1.807, 2.05) is 0 Å². The highest BCUT2D eigenvalue weighted by atomic mass is 16.5. The maximum absolute atomic E-state index is 5.23. The molecule has 1 aromatic carbocycles. The predicted molar refractivity (Wildman–Crippen MR) is 87.4 cm³/mol. The molecule has 0 saturated heterocycles. The standard InChI is InChI=1S/C18H31NO/c1-5-7-15(3)17(14-19-12-6-2)13-16-8-10-18(20-4)11-9-16/h8-11,15,17,19H,5-7,12-14H2,1-4H3. The summed E-state index contributed by atoms with van der Waals surface area (Å²) >= 11 is 0. The van der Waals surface area contributed by atoms with Crippen LogP contribution in [0.4, 0.5) is 0 Å². The molecule has 0 fully saturated rings. The average molecular weight is 277 g/mol. The monoisotopic (exact) mass is 277 g/mol. The van der Waals surface area contributed by atoms with Gasteiger partial charge in [-0.25, -0.2) is 0 Å². The van der Waals surface area contributed by atoms with Gasteiger partial charge in [0.05, 0.1) is 7.11 Å². The fourth-order valence-electron chi connectivity index (χ4n) is 2.69. The lowest BCUT2D eigenvalue weighted by Gasteiger charge is -2.24. The van der Waals surface area contributed by atoms with Crippen LogP contribution in [0.2, 0.25) is 0 Å². The van der Waals surface area contributed by atoms with E-state index in [2.05, 4.69) is 50.4 Å². The minimum Gasteiger partial charge on any atom is -0.497 e. The highest BCUT2D eigenvalue weighted by Gasteiger charge is 2.16. The second-order valence-corrected chi connectivity index (χ2v) is 5.78. The van der Waals surface area contributed by atoms with E-state index >= 15 is 0 Å². The van der Waals surface area contributed by atoms with E-state index in [0.29, 0.717) is 0 Å². The van der Waals surface area contributed by atoms with Crippen molar-refractivity contribution in [2.45, 2.75) is 46.5 Å². The van der Waals surface area contributed by atoms with E-state index in [4.69, 9.17) is 4.74 Å². The van der Waals surface area contributed by atoms with Gasteiger partial charge in [-0.3, -0.25) is 0 Å². The number of hydrogen-bond donors (Lipinski definition) is 1. The van der Waals surface area contributed by atoms with E-state index in [0.717, 1.165) is 37.1 Å². The number of methoxy groups -OCH3 is 1. The Morgan fingerprint density at radius 3 is 2.35 bits per heavy atom. The largest absolute Gasteiger partial charge is 0.497 e. The SMILES string of the molecule is CCCNCC(Cc1ccc(OC)cc1)C(C)CCC. The van der Waals surface area contributed by atoms with Crippen molar-refractivity contribution >= 4 is 0 Å². The first-order chi connectivity index (χ1) is 9.71. The molecule has 2 nitrogen and oxygen atoms in total. The van der Waals surface area contributed by atoms with Crippen LogP contribution < -0.4 is 10.1 Å². The van der Waals surface area contributed by atoms with Crippen molar-refractivity contribution in [3.63, 3.8) is 0 Å². The van der Waals surface area contributed by atoms with Gasteiger partial charge in [0.25, 0.3) is 0 Å². The Morgan fingerprint density at radius 2 is 1.80 bits per heavy atom. The Balaban J connectivity index is 2.60. The summed E-state index contributed by atoms with van der Waals surface area (Å²) in [7, 11) is 1.72. The zero-order valence-electron chi connectivity index (χ0n) is 13.6. The van der Waals surface area contributed by atoms with Gasteiger partial charge in [-0.05, 0) is 55.5 Å². The van der Waals surface area contributed by atoms with Crippen LogP contribution in [0.5, 0.6) is 5.75 Å². The highest BCUT2D eigenvalue weighted by molar-refractivity contribution is 5.27. The van der Waals surface area contributed by atoms with Crippen LogP contribution in [0.3, 0.4) is 0 Å². The predicted octanol–water partition coefficient (Wildman–Crippen LogP) is 4.29. The van der Waals surface area contributed by atoms with Gasteiger partial charge in [0.15, 0.2) is 0 Å². The van der Waals surface area contributed by atoms with Crippen molar-refractivity contribution in [2.24, 2.45) is 11.8 Å². The van der Waals surface area contributed by atoms with E-state index in [1.54, 1.807) is 7.11 Å². The highest BCUT2D eigenvalue weighted by Crippen LogP contribution is 2.22. The molecule has 0 heterocycles. The Morgan fingerprint density at radius 1 is 1.10 bits per heavy atom. The third-order valence-electron chi connectivity index (χ3n) is 4.04. The van der Waals surface area contributed by atoms with Crippen molar-refractivity contribution < 1.29 is 4.74 Å². The molecule has 0 radical (unpaired) electrons. The third kappa shape index (κ3) is 5.96. The van der Waals surface area contributed by atoms with Crippen LogP contribution in [0.25, 0.3) is 0 Å². The first-order valence-electron chi connectivity index (χ1n) is 8.04. The van der Waals surface area contributed by atoms with Gasteiger partial charge in [0.1, 0.15) is 5.75 Å². The number of rotatable bonds is 10. The maximum Gasteiger partial charge on any atom is 0.118 e. The summed E-state index contributed by atoms with van der Waals surface area (Å²) in [4.78, 5) is 0. The molecule has 20 heavy (non-hydrogen) atoms. The quantitative estimate of drug-likeness (QED) is 0.644. The third-order valence-corrected chi connectivity index (χ3v) is 4.04. The lowest BCUT2D eigenvalue weighted by Crippen LogP contribution is -2.29. The molecule has 0 spiro atoms. The first kappa shape index (κ1) is 17.0. The lowest BCUT2D eigenvalue weighted by atomic mass is 9.85. The summed E-state index contributed by atoms with van der Waals surface area (Å²) in [5.41, 5.74) is 1.41. The molecule has 0 amide bonds. The minimum atomic E-state index is 0.717. The van der Waals surface area contributed by atoms with E-state index < -0.39 is 0 Å². The van der Waals surface area contributed by atoms with Crippen LogP contribution in [0.15, 0.2) is 24.3 Å². The summed E-state index contributed by atoms with van der Waals surface area (Å²) in [5.74, 6) is 2.43. The number of benzene rings is 1. The lowest BCUT2D eigenvalue weighted by molar-refractivity contribution is 0.318. The molecule has 0 aliphatic carbocycles. The van der Waals surface area contributed by atoms with Crippen molar-refractivity contribution in [3.05, 3.63) is 29.8 Å². The van der Waals surface area contributed by atoms with E-state index in [9.17, 15) is 0 Å². The summed E-state index contributed by atoms with van der Waals surface area (Å²) in [5, 5.41) is 3.59. The van der Waals surface area contributed by atoms with E-state index in [-0.39, 0.29) is 0 Å². The topological polar surface area (TPSA) is 21.3 Å². The smallest absolute Gasteiger partial charge is 0.118 e. The van der Waals surface area contributed by atoms with Gasteiger partial charge in [0.2, 0.25) is 0 Å². The van der Waals surface area contributed by atoms with Crippen LogP contribution in [-0.4, -0.2) is 20.2 Å². The van der Waals surface area contributed by atoms with Gasteiger partial charge < -0.3 is 10.1 Å². The molecule has 0 aliphatic heterocycles.